The second-order valence-corrected chi connectivity index (χ2v) is 4.50. The van der Waals surface area contributed by atoms with E-state index in [1.807, 2.05) is 0 Å². The third kappa shape index (κ3) is 3.46. The maximum absolute atomic E-state index is 11.8. The second kappa shape index (κ2) is 6.21. The Morgan fingerprint density at radius 3 is 3.11 bits per heavy atom. The van der Waals surface area contributed by atoms with Crippen LogP contribution in [0, 0.1) is 0 Å². The van der Waals surface area contributed by atoms with Crippen molar-refractivity contribution in [2.45, 2.75) is 19.8 Å². The number of amides is 3. The zero-order valence-electron chi connectivity index (χ0n) is 11.0. The van der Waals surface area contributed by atoms with Gasteiger partial charge in [0, 0.05) is 31.9 Å². The van der Waals surface area contributed by atoms with Crippen molar-refractivity contribution in [2.75, 3.05) is 26.2 Å². The van der Waals surface area contributed by atoms with Gasteiger partial charge in [0.25, 0.3) is 5.91 Å². The number of aromatic nitrogens is 2. The van der Waals surface area contributed by atoms with Crippen molar-refractivity contribution in [3.05, 3.63) is 17.5 Å². The largest absolute Gasteiger partial charge is 0.349 e. The summed E-state index contributed by atoms with van der Waals surface area (Å²) < 4.78 is 0. The lowest BCUT2D eigenvalue weighted by molar-refractivity contribution is 0.0945. The Labute approximate surface area is 111 Å². The first-order valence-corrected chi connectivity index (χ1v) is 6.56. The molecular weight excluding hydrogens is 246 g/mol. The molecule has 0 aliphatic carbocycles. The summed E-state index contributed by atoms with van der Waals surface area (Å²) in [7, 11) is 0. The Morgan fingerprint density at radius 2 is 2.42 bits per heavy atom. The Morgan fingerprint density at radius 1 is 1.58 bits per heavy atom. The summed E-state index contributed by atoms with van der Waals surface area (Å²) in [6, 6.07) is 1.70. The molecule has 1 aromatic rings. The van der Waals surface area contributed by atoms with Gasteiger partial charge >= 0.3 is 6.03 Å². The molecule has 0 radical (unpaired) electrons. The van der Waals surface area contributed by atoms with Crippen LogP contribution in [0.4, 0.5) is 4.79 Å². The minimum atomic E-state index is -0.210. The first kappa shape index (κ1) is 13.4. The number of rotatable bonds is 6. The fourth-order valence-electron chi connectivity index (χ4n) is 1.99. The van der Waals surface area contributed by atoms with E-state index in [2.05, 4.69) is 27.8 Å². The lowest BCUT2D eigenvalue weighted by Gasteiger charge is -2.13. The van der Waals surface area contributed by atoms with Crippen LogP contribution in [-0.4, -0.2) is 53.2 Å². The zero-order valence-corrected chi connectivity index (χ0v) is 11.0. The highest BCUT2D eigenvalue weighted by Gasteiger charge is 2.19. The summed E-state index contributed by atoms with van der Waals surface area (Å²) in [6.07, 6.45) is 1.89. The third-order valence-electron chi connectivity index (χ3n) is 3.00. The van der Waals surface area contributed by atoms with E-state index in [-0.39, 0.29) is 11.9 Å². The van der Waals surface area contributed by atoms with Crippen LogP contribution in [0.5, 0.6) is 0 Å². The molecule has 0 bridgehead atoms. The molecule has 7 nitrogen and oxygen atoms in total. The van der Waals surface area contributed by atoms with Gasteiger partial charge in [-0.2, -0.15) is 5.10 Å². The van der Waals surface area contributed by atoms with Crippen molar-refractivity contribution < 1.29 is 9.59 Å². The molecule has 1 saturated heterocycles. The quantitative estimate of drug-likeness (QED) is 0.682. The average molecular weight is 265 g/mol. The van der Waals surface area contributed by atoms with E-state index in [4.69, 9.17) is 0 Å². The third-order valence-corrected chi connectivity index (χ3v) is 3.00. The molecule has 1 fully saturated rings. The second-order valence-electron chi connectivity index (χ2n) is 4.50. The van der Waals surface area contributed by atoms with Gasteiger partial charge in [0.1, 0.15) is 5.69 Å². The van der Waals surface area contributed by atoms with Crippen molar-refractivity contribution in [2.24, 2.45) is 0 Å². The molecule has 3 amide bonds. The van der Waals surface area contributed by atoms with Crippen LogP contribution in [0.3, 0.4) is 0 Å². The molecule has 19 heavy (non-hydrogen) atoms. The van der Waals surface area contributed by atoms with Crippen molar-refractivity contribution in [3.8, 4) is 0 Å². The lowest BCUT2D eigenvalue weighted by Crippen LogP contribution is -2.36. The van der Waals surface area contributed by atoms with Gasteiger partial charge in [0.2, 0.25) is 0 Å². The number of nitrogens with one attached hydrogen (secondary N) is 3. The monoisotopic (exact) mass is 265 g/mol. The highest BCUT2D eigenvalue weighted by Crippen LogP contribution is 2.02. The van der Waals surface area contributed by atoms with E-state index in [1.165, 1.54) is 0 Å². The highest BCUT2D eigenvalue weighted by molar-refractivity contribution is 5.92. The van der Waals surface area contributed by atoms with Crippen LogP contribution in [0.15, 0.2) is 6.07 Å². The van der Waals surface area contributed by atoms with Gasteiger partial charge in [-0.15, -0.1) is 0 Å². The zero-order chi connectivity index (χ0) is 13.7. The molecule has 0 unspecified atom stereocenters. The van der Waals surface area contributed by atoms with E-state index >= 15 is 0 Å². The fourth-order valence-corrected chi connectivity index (χ4v) is 1.99. The maximum atomic E-state index is 11.8. The molecule has 0 atom stereocenters. The van der Waals surface area contributed by atoms with Gasteiger partial charge in [-0.25, -0.2) is 4.79 Å². The van der Waals surface area contributed by atoms with Gasteiger partial charge in [0.05, 0.1) is 0 Å². The number of nitrogens with zero attached hydrogens (tertiary/aromatic N) is 2. The van der Waals surface area contributed by atoms with Crippen LogP contribution < -0.4 is 10.6 Å². The lowest BCUT2D eigenvalue weighted by atomic mass is 10.2. The van der Waals surface area contributed by atoms with Crippen LogP contribution >= 0.6 is 0 Å². The Bertz CT molecular complexity index is 457. The molecule has 1 aromatic heterocycles. The van der Waals surface area contributed by atoms with Crippen LogP contribution in [-0.2, 0) is 6.42 Å². The summed E-state index contributed by atoms with van der Waals surface area (Å²) in [5.41, 5.74) is 1.36. The minimum Gasteiger partial charge on any atom is -0.349 e. The number of aryl methyl sites for hydroxylation is 1. The van der Waals surface area contributed by atoms with Gasteiger partial charge in [-0.05, 0) is 12.5 Å². The molecule has 2 heterocycles. The average Bonchev–Trinajstić information content (AvgIpc) is 3.00. The van der Waals surface area contributed by atoms with Crippen LogP contribution in [0.2, 0.25) is 0 Å². The predicted octanol–water partition coefficient (Wildman–Crippen LogP) is 0.117. The van der Waals surface area contributed by atoms with Gasteiger partial charge in [-0.3, -0.25) is 9.89 Å². The molecule has 1 aliphatic rings. The van der Waals surface area contributed by atoms with Gasteiger partial charge in [-0.1, -0.05) is 13.3 Å². The summed E-state index contributed by atoms with van der Waals surface area (Å²) in [5, 5.41) is 12.3. The fraction of sp³-hybridized carbons (Fsp3) is 0.583. The Hall–Kier alpha value is -2.05. The number of urea groups is 1. The van der Waals surface area contributed by atoms with Crippen molar-refractivity contribution >= 4 is 11.9 Å². The SMILES string of the molecule is CCCc1cc(C(=O)NCCN2CCNC2=O)n[nH]1. The summed E-state index contributed by atoms with van der Waals surface area (Å²) in [5.74, 6) is -0.210. The van der Waals surface area contributed by atoms with E-state index in [0.29, 0.717) is 31.9 Å². The molecule has 0 saturated carbocycles. The Balaban J connectivity index is 1.75. The van der Waals surface area contributed by atoms with Crippen molar-refractivity contribution in [3.63, 3.8) is 0 Å². The smallest absolute Gasteiger partial charge is 0.317 e. The first-order valence-electron chi connectivity index (χ1n) is 6.56. The summed E-state index contributed by atoms with van der Waals surface area (Å²) in [4.78, 5) is 24.8. The molecule has 2 rings (SSSR count). The summed E-state index contributed by atoms with van der Waals surface area (Å²) >= 11 is 0. The van der Waals surface area contributed by atoms with Crippen LogP contribution in [0.1, 0.15) is 29.5 Å². The molecule has 0 spiro atoms. The number of carbonyl (C=O) groups excluding carboxylic acids is 2. The number of aromatic amines is 1. The molecule has 104 valence electrons. The maximum Gasteiger partial charge on any atom is 0.317 e. The molecule has 7 heteroatoms. The Kier molecular flexibility index (Phi) is 4.38. The number of hydrogen-bond donors (Lipinski definition) is 3. The molecular formula is C12H19N5O2. The van der Waals surface area contributed by atoms with Gasteiger partial charge in [0.15, 0.2) is 0 Å². The topological polar surface area (TPSA) is 90.1 Å². The van der Waals surface area contributed by atoms with E-state index < -0.39 is 0 Å². The predicted molar refractivity (Wildman–Crippen MR) is 69.9 cm³/mol. The van der Waals surface area contributed by atoms with E-state index in [9.17, 15) is 9.59 Å². The highest BCUT2D eigenvalue weighted by atomic mass is 16.2. The van der Waals surface area contributed by atoms with Crippen LogP contribution in [0.25, 0.3) is 0 Å². The standard InChI is InChI=1S/C12H19N5O2/c1-2-3-9-8-10(16-15-9)11(18)13-4-6-17-7-5-14-12(17)19/h8H,2-7H2,1H3,(H,13,18)(H,14,19)(H,15,16). The number of carbonyl (C=O) groups is 2. The van der Waals surface area contributed by atoms with Gasteiger partial charge < -0.3 is 15.5 Å². The minimum absolute atomic E-state index is 0.0701. The van der Waals surface area contributed by atoms with E-state index in [0.717, 1.165) is 18.5 Å². The van der Waals surface area contributed by atoms with Crippen molar-refractivity contribution in [1.82, 2.24) is 25.7 Å². The summed E-state index contributed by atoms with van der Waals surface area (Å²) in [6.45, 7) is 4.39. The van der Waals surface area contributed by atoms with Crippen molar-refractivity contribution in [1.29, 1.82) is 0 Å². The molecule has 3 N–H and O–H groups in total. The first-order chi connectivity index (χ1) is 9.20. The number of H-pyrrole nitrogens is 1. The molecule has 0 aromatic carbocycles. The molecule has 1 aliphatic heterocycles. The van der Waals surface area contributed by atoms with E-state index in [1.54, 1.807) is 11.0 Å². The normalized spacial score (nSPS) is 14.6. The number of hydrogen-bond acceptors (Lipinski definition) is 3.